The van der Waals surface area contributed by atoms with Crippen LogP contribution in [0.5, 0.6) is 0 Å². The average Bonchev–Trinajstić information content (AvgIpc) is 2.82. The Hall–Kier alpha value is -2.15. The van der Waals surface area contributed by atoms with Crippen LogP contribution in [0.15, 0.2) is 35.5 Å². The summed E-state index contributed by atoms with van der Waals surface area (Å²) in [6.45, 7) is 1.63. The van der Waals surface area contributed by atoms with E-state index in [1.807, 2.05) is 0 Å². The van der Waals surface area contributed by atoms with Gasteiger partial charge in [0.05, 0.1) is 22.4 Å². The topological polar surface area (TPSA) is 89.3 Å². The van der Waals surface area contributed by atoms with Crippen LogP contribution in [0.4, 0.5) is 0 Å². The molecule has 0 aliphatic carbocycles. The van der Waals surface area contributed by atoms with Gasteiger partial charge in [-0.2, -0.15) is 5.10 Å². The highest BCUT2D eigenvalue weighted by molar-refractivity contribution is 7.91. The molecule has 0 saturated heterocycles. The zero-order chi connectivity index (χ0) is 15.6. The second-order valence-corrected chi connectivity index (χ2v) is 6.98. The molecule has 112 valence electrons. The van der Waals surface area contributed by atoms with Crippen molar-refractivity contribution in [2.45, 2.75) is 18.2 Å². The standard InChI is InChI=1S/C14H16N2O4S/c1-10-3-4-12(7-13(10)14(17)18)21(19,20)6-5-11-8-15-16(2)9-11/h3-4,7-9H,5-6H2,1-2H3,(H,17,18). The van der Waals surface area contributed by atoms with E-state index in [0.29, 0.717) is 12.0 Å². The van der Waals surface area contributed by atoms with Crippen molar-refractivity contribution in [1.82, 2.24) is 9.78 Å². The summed E-state index contributed by atoms with van der Waals surface area (Å²) in [5, 5.41) is 13.0. The van der Waals surface area contributed by atoms with E-state index in [9.17, 15) is 13.2 Å². The van der Waals surface area contributed by atoms with Crippen LogP contribution in [-0.4, -0.2) is 35.0 Å². The highest BCUT2D eigenvalue weighted by atomic mass is 32.2. The van der Waals surface area contributed by atoms with Gasteiger partial charge in [-0.3, -0.25) is 4.68 Å². The molecule has 0 fully saturated rings. The summed E-state index contributed by atoms with van der Waals surface area (Å²) in [5.74, 6) is -1.21. The van der Waals surface area contributed by atoms with Gasteiger partial charge in [-0.05, 0) is 36.6 Å². The highest BCUT2D eigenvalue weighted by Crippen LogP contribution is 2.18. The fourth-order valence-electron chi connectivity index (χ4n) is 2.00. The van der Waals surface area contributed by atoms with Gasteiger partial charge in [-0.25, -0.2) is 13.2 Å². The lowest BCUT2D eigenvalue weighted by Crippen LogP contribution is -2.11. The Balaban J connectivity index is 2.23. The molecule has 6 nitrogen and oxygen atoms in total. The van der Waals surface area contributed by atoms with E-state index >= 15 is 0 Å². The number of nitrogens with zero attached hydrogens (tertiary/aromatic N) is 2. The quantitative estimate of drug-likeness (QED) is 0.903. The smallest absolute Gasteiger partial charge is 0.335 e. The van der Waals surface area contributed by atoms with Crippen LogP contribution < -0.4 is 0 Å². The molecule has 0 bridgehead atoms. The predicted octanol–water partition coefficient (Wildman–Crippen LogP) is 1.44. The van der Waals surface area contributed by atoms with Crippen molar-refractivity contribution in [3.8, 4) is 0 Å². The molecule has 21 heavy (non-hydrogen) atoms. The van der Waals surface area contributed by atoms with E-state index < -0.39 is 15.8 Å². The van der Waals surface area contributed by atoms with Crippen molar-refractivity contribution in [2.24, 2.45) is 7.05 Å². The molecule has 7 heteroatoms. The molecule has 2 aromatic rings. The minimum absolute atomic E-state index is 0.0115. The fourth-order valence-corrected chi connectivity index (χ4v) is 3.31. The Kier molecular flexibility index (Phi) is 4.13. The van der Waals surface area contributed by atoms with E-state index in [1.165, 1.54) is 18.2 Å². The van der Waals surface area contributed by atoms with Gasteiger partial charge in [0.15, 0.2) is 9.84 Å². The minimum atomic E-state index is -3.52. The normalized spacial score (nSPS) is 11.5. The number of aryl methyl sites for hydroxylation is 3. The van der Waals surface area contributed by atoms with Crippen LogP contribution >= 0.6 is 0 Å². The number of carboxylic acids is 1. The van der Waals surface area contributed by atoms with Gasteiger partial charge in [0.1, 0.15) is 0 Å². The lowest BCUT2D eigenvalue weighted by molar-refractivity contribution is 0.0696. The monoisotopic (exact) mass is 308 g/mol. The number of aromatic nitrogens is 2. The van der Waals surface area contributed by atoms with Crippen LogP contribution in [-0.2, 0) is 23.3 Å². The van der Waals surface area contributed by atoms with Crippen molar-refractivity contribution in [3.05, 3.63) is 47.3 Å². The molecule has 0 aliphatic rings. The predicted molar refractivity (Wildman–Crippen MR) is 77.1 cm³/mol. The van der Waals surface area contributed by atoms with Crippen molar-refractivity contribution in [3.63, 3.8) is 0 Å². The SMILES string of the molecule is Cc1ccc(S(=O)(=O)CCc2cnn(C)c2)cc1C(=O)O. The molecule has 0 saturated carbocycles. The lowest BCUT2D eigenvalue weighted by Gasteiger charge is -2.07. The van der Waals surface area contributed by atoms with Crippen molar-refractivity contribution in [2.75, 3.05) is 5.75 Å². The first kappa shape index (κ1) is 15.2. The lowest BCUT2D eigenvalue weighted by atomic mass is 10.1. The third-order valence-corrected chi connectivity index (χ3v) is 4.93. The second kappa shape index (κ2) is 5.69. The average molecular weight is 308 g/mol. The van der Waals surface area contributed by atoms with E-state index in [4.69, 9.17) is 5.11 Å². The summed E-state index contributed by atoms with van der Waals surface area (Å²) in [6, 6.07) is 4.18. The minimum Gasteiger partial charge on any atom is -0.478 e. The molecule has 0 radical (unpaired) electrons. The molecule has 0 amide bonds. The number of rotatable bonds is 5. The van der Waals surface area contributed by atoms with E-state index in [2.05, 4.69) is 5.10 Å². The Bertz CT molecular complexity index is 778. The largest absolute Gasteiger partial charge is 0.478 e. The van der Waals surface area contributed by atoms with Gasteiger partial charge in [-0.1, -0.05) is 6.07 Å². The van der Waals surface area contributed by atoms with Crippen molar-refractivity contribution >= 4 is 15.8 Å². The maximum atomic E-state index is 12.3. The molecular weight excluding hydrogens is 292 g/mol. The molecule has 1 heterocycles. The van der Waals surface area contributed by atoms with Gasteiger partial charge in [0.2, 0.25) is 0 Å². The van der Waals surface area contributed by atoms with E-state index in [0.717, 1.165) is 5.56 Å². The first-order chi connectivity index (χ1) is 9.79. The van der Waals surface area contributed by atoms with E-state index in [-0.39, 0.29) is 16.2 Å². The van der Waals surface area contributed by atoms with Crippen LogP contribution in [0.3, 0.4) is 0 Å². The zero-order valence-corrected chi connectivity index (χ0v) is 12.6. The fraction of sp³-hybridized carbons (Fsp3) is 0.286. The molecule has 1 N–H and O–H groups in total. The van der Waals surface area contributed by atoms with Crippen LogP contribution in [0, 0.1) is 6.92 Å². The third-order valence-electron chi connectivity index (χ3n) is 3.22. The molecule has 2 rings (SSSR count). The molecule has 0 atom stereocenters. The molecule has 1 aromatic heterocycles. The Morgan fingerprint density at radius 1 is 1.38 bits per heavy atom. The van der Waals surface area contributed by atoms with Crippen LogP contribution in [0.2, 0.25) is 0 Å². The van der Waals surface area contributed by atoms with Gasteiger partial charge in [0, 0.05) is 13.2 Å². The number of hydrogen-bond acceptors (Lipinski definition) is 4. The zero-order valence-electron chi connectivity index (χ0n) is 11.8. The molecular formula is C14H16N2O4S. The number of carboxylic acid groups (broad SMARTS) is 1. The Morgan fingerprint density at radius 3 is 2.67 bits per heavy atom. The summed E-state index contributed by atoms with van der Waals surface area (Å²) in [4.78, 5) is 11.1. The molecule has 1 aromatic carbocycles. The second-order valence-electron chi connectivity index (χ2n) is 4.87. The molecule has 0 spiro atoms. The first-order valence-corrected chi connectivity index (χ1v) is 7.99. The van der Waals surface area contributed by atoms with Crippen LogP contribution in [0.1, 0.15) is 21.5 Å². The number of carbonyl (C=O) groups is 1. The van der Waals surface area contributed by atoms with Gasteiger partial charge in [-0.15, -0.1) is 0 Å². The van der Waals surface area contributed by atoms with Crippen LogP contribution in [0.25, 0.3) is 0 Å². The summed E-state index contributed by atoms with van der Waals surface area (Å²) in [7, 11) is -1.76. The number of aromatic carboxylic acids is 1. The Morgan fingerprint density at radius 2 is 2.10 bits per heavy atom. The van der Waals surface area contributed by atoms with Gasteiger partial charge >= 0.3 is 5.97 Å². The van der Waals surface area contributed by atoms with Crippen molar-refractivity contribution < 1.29 is 18.3 Å². The maximum Gasteiger partial charge on any atom is 0.335 e. The maximum absolute atomic E-state index is 12.3. The summed E-state index contributed by atoms with van der Waals surface area (Å²) >= 11 is 0. The van der Waals surface area contributed by atoms with Gasteiger partial charge < -0.3 is 5.11 Å². The van der Waals surface area contributed by atoms with E-state index in [1.54, 1.807) is 31.0 Å². The summed E-state index contributed by atoms with van der Waals surface area (Å²) in [6.07, 6.45) is 3.72. The number of hydrogen-bond donors (Lipinski definition) is 1. The van der Waals surface area contributed by atoms with Gasteiger partial charge in [0.25, 0.3) is 0 Å². The third kappa shape index (κ3) is 3.49. The highest BCUT2D eigenvalue weighted by Gasteiger charge is 2.18. The summed E-state index contributed by atoms with van der Waals surface area (Å²) in [5.41, 5.74) is 1.37. The number of sulfone groups is 1. The first-order valence-electron chi connectivity index (χ1n) is 6.34. The molecule has 0 aliphatic heterocycles. The summed E-state index contributed by atoms with van der Waals surface area (Å²) < 4.78 is 26.2. The Labute approximate surface area is 123 Å². The number of benzene rings is 1. The van der Waals surface area contributed by atoms with Crippen molar-refractivity contribution in [1.29, 1.82) is 0 Å². The molecule has 0 unspecified atom stereocenters.